The lowest BCUT2D eigenvalue weighted by molar-refractivity contribution is -0.134. The van der Waals surface area contributed by atoms with Crippen molar-refractivity contribution in [1.82, 2.24) is 9.88 Å². The van der Waals surface area contributed by atoms with E-state index in [1.807, 2.05) is 6.07 Å². The number of aryl methyl sites for hydroxylation is 1. The van der Waals surface area contributed by atoms with E-state index in [0.29, 0.717) is 24.3 Å². The summed E-state index contributed by atoms with van der Waals surface area (Å²) < 4.78 is 0. The van der Waals surface area contributed by atoms with Gasteiger partial charge >= 0.3 is 0 Å². The standard InChI is InChI=1S/C24H28N2O/c1-18-16-20(19-8-3-2-4-9-19)14-15-26(18)24(27)13-7-10-21-17-25-23-12-6-5-11-22(21)23/h2-6,8-9,11-12,17-18,20,25H,7,10,13-16H2,1H3. The zero-order valence-corrected chi connectivity index (χ0v) is 16.0. The highest BCUT2D eigenvalue weighted by Crippen LogP contribution is 2.31. The van der Waals surface area contributed by atoms with Gasteiger partial charge in [0.1, 0.15) is 0 Å². The third kappa shape index (κ3) is 3.92. The van der Waals surface area contributed by atoms with E-state index >= 15 is 0 Å². The quantitative estimate of drug-likeness (QED) is 0.660. The Morgan fingerprint density at radius 2 is 1.89 bits per heavy atom. The number of benzene rings is 2. The van der Waals surface area contributed by atoms with Crippen LogP contribution in [-0.4, -0.2) is 28.4 Å². The lowest BCUT2D eigenvalue weighted by Gasteiger charge is -2.38. The van der Waals surface area contributed by atoms with E-state index < -0.39 is 0 Å². The molecule has 3 heteroatoms. The first-order chi connectivity index (χ1) is 13.2. The van der Waals surface area contributed by atoms with Crippen molar-refractivity contribution in [2.24, 2.45) is 0 Å². The molecule has 0 saturated carbocycles. The number of piperidine rings is 1. The molecular weight excluding hydrogens is 332 g/mol. The summed E-state index contributed by atoms with van der Waals surface area (Å²) in [5.41, 5.74) is 3.90. The summed E-state index contributed by atoms with van der Waals surface area (Å²) >= 11 is 0. The number of aromatic amines is 1. The van der Waals surface area contributed by atoms with E-state index in [1.165, 1.54) is 22.0 Å². The van der Waals surface area contributed by atoms with E-state index in [1.54, 1.807) is 0 Å². The molecule has 1 aromatic heterocycles. The number of rotatable bonds is 5. The van der Waals surface area contributed by atoms with Crippen LogP contribution in [0.4, 0.5) is 0 Å². The number of nitrogens with one attached hydrogen (secondary N) is 1. The number of para-hydroxylation sites is 1. The first-order valence-electron chi connectivity index (χ1n) is 10.1. The fourth-order valence-electron chi connectivity index (χ4n) is 4.48. The van der Waals surface area contributed by atoms with Gasteiger partial charge in [-0.3, -0.25) is 4.79 Å². The molecule has 3 aromatic rings. The summed E-state index contributed by atoms with van der Waals surface area (Å²) in [6.07, 6.45) is 6.72. The Labute approximate surface area is 161 Å². The van der Waals surface area contributed by atoms with Crippen LogP contribution in [0.1, 0.15) is 49.7 Å². The maximum Gasteiger partial charge on any atom is 0.222 e. The van der Waals surface area contributed by atoms with Crippen LogP contribution in [0.5, 0.6) is 0 Å². The number of hydrogen-bond donors (Lipinski definition) is 1. The fourth-order valence-corrected chi connectivity index (χ4v) is 4.48. The second-order valence-corrected chi connectivity index (χ2v) is 7.78. The van der Waals surface area contributed by atoms with Crippen LogP contribution in [0, 0.1) is 0 Å². The Hall–Kier alpha value is -2.55. The number of H-pyrrole nitrogens is 1. The van der Waals surface area contributed by atoms with Crippen LogP contribution >= 0.6 is 0 Å². The minimum atomic E-state index is 0.314. The van der Waals surface area contributed by atoms with Crippen LogP contribution in [0.25, 0.3) is 10.9 Å². The third-order valence-electron chi connectivity index (χ3n) is 5.98. The highest BCUT2D eigenvalue weighted by atomic mass is 16.2. The van der Waals surface area contributed by atoms with Crippen LogP contribution in [0.2, 0.25) is 0 Å². The Morgan fingerprint density at radius 3 is 2.70 bits per heavy atom. The van der Waals surface area contributed by atoms with Gasteiger partial charge in [-0.1, -0.05) is 48.5 Å². The monoisotopic (exact) mass is 360 g/mol. The van der Waals surface area contributed by atoms with Crippen LogP contribution in [0.15, 0.2) is 60.8 Å². The number of hydrogen-bond acceptors (Lipinski definition) is 1. The van der Waals surface area contributed by atoms with Gasteiger partial charge in [0.05, 0.1) is 0 Å². The molecule has 0 aliphatic carbocycles. The molecule has 3 nitrogen and oxygen atoms in total. The summed E-state index contributed by atoms with van der Waals surface area (Å²) in [4.78, 5) is 18.2. The van der Waals surface area contributed by atoms with E-state index in [0.717, 1.165) is 32.2 Å². The Kier molecular flexibility index (Phi) is 5.28. The molecule has 0 bridgehead atoms. The highest BCUT2D eigenvalue weighted by molar-refractivity contribution is 5.83. The molecule has 140 valence electrons. The summed E-state index contributed by atoms with van der Waals surface area (Å²) in [5.74, 6) is 0.894. The average molecular weight is 361 g/mol. The molecule has 0 radical (unpaired) electrons. The predicted molar refractivity (Wildman–Crippen MR) is 111 cm³/mol. The molecule has 2 unspecified atom stereocenters. The SMILES string of the molecule is CC1CC(c2ccccc2)CCN1C(=O)CCCc1c[nH]c2ccccc12. The average Bonchev–Trinajstić information content (AvgIpc) is 3.12. The maximum atomic E-state index is 12.8. The molecule has 2 aromatic carbocycles. The largest absolute Gasteiger partial charge is 0.361 e. The number of carbonyl (C=O) groups excluding carboxylic acids is 1. The number of amides is 1. The molecule has 1 aliphatic rings. The molecule has 1 amide bonds. The molecule has 2 heterocycles. The number of fused-ring (bicyclic) bond motifs is 1. The number of nitrogens with zero attached hydrogens (tertiary/aromatic N) is 1. The predicted octanol–water partition coefficient (Wildman–Crippen LogP) is 5.29. The summed E-state index contributed by atoms with van der Waals surface area (Å²) in [5, 5.41) is 1.28. The third-order valence-corrected chi connectivity index (χ3v) is 5.98. The molecule has 1 aliphatic heterocycles. The van der Waals surface area contributed by atoms with Gasteiger partial charge < -0.3 is 9.88 Å². The minimum absolute atomic E-state index is 0.314. The Balaban J connectivity index is 1.30. The first-order valence-corrected chi connectivity index (χ1v) is 10.1. The van der Waals surface area contributed by atoms with Crippen molar-refractivity contribution in [3.63, 3.8) is 0 Å². The molecule has 0 spiro atoms. The minimum Gasteiger partial charge on any atom is -0.361 e. The van der Waals surface area contributed by atoms with Crippen LogP contribution < -0.4 is 0 Å². The zero-order chi connectivity index (χ0) is 18.6. The number of aromatic nitrogens is 1. The number of likely N-dealkylation sites (tertiary alicyclic amines) is 1. The highest BCUT2D eigenvalue weighted by Gasteiger charge is 2.29. The van der Waals surface area contributed by atoms with E-state index in [2.05, 4.69) is 71.5 Å². The van der Waals surface area contributed by atoms with Gasteiger partial charge in [0.2, 0.25) is 5.91 Å². The number of carbonyl (C=O) groups is 1. The summed E-state index contributed by atoms with van der Waals surface area (Å²) in [6, 6.07) is 19.4. The van der Waals surface area contributed by atoms with Crippen molar-refractivity contribution in [2.45, 2.75) is 51.0 Å². The van der Waals surface area contributed by atoms with Crippen molar-refractivity contribution < 1.29 is 4.79 Å². The van der Waals surface area contributed by atoms with E-state index in [4.69, 9.17) is 0 Å². The molecule has 1 saturated heterocycles. The molecular formula is C24H28N2O. The van der Waals surface area contributed by atoms with Gasteiger partial charge in [0.15, 0.2) is 0 Å². The van der Waals surface area contributed by atoms with Gasteiger partial charge in [-0.25, -0.2) is 0 Å². The summed E-state index contributed by atoms with van der Waals surface area (Å²) in [6.45, 7) is 3.08. The van der Waals surface area contributed by atoms with Gasteiger partial charge in [0.25, 0.3) is 0 Å². The lowest BCUT2D eigenvalue weighted by atomic mass is 9.85. The zero-order valence-electron chi connectivity index (χ0n) is 16.0. The van der Waals surface area contributed by atoms with Crippen molar-refractivity contribution in [2.75, 3.05) is 6.54 Å². The Morgan fingerprint density at radius 1 is 1.11 bits per heavy atom. The van der Waals surface area contributed by atoms with Crippen LogP contribution in [-0.2, 0) is 11.2 Å². The van der Waals surface area contributed by atoms with Gasteiger partial charge in [-0.2, -0.15) is 0 Å². The van der Waals surface area contributed by atoms with Crippen molar-refractivity contribution in [3.05, 3.63) is 71.9 Å². The molecule has 27 heavy (non-hydrogen) atoms. The molecule has 2 atom stereocenters. The van der Waals surface area contributed by atoms with E-state index in [9.17, 15) is 4.79 Å². The van der Waals surface area contributed by atoms with Gasteiger partial charge in [-0.05, 0) is 55.7 Å². The van der Waals surface area contributed by atoms with Crippen molar-refractivity contribution >= 4 is 16.8 Å². The lowest BCUT2D eigenvalue weighted by Crippen LogP contribution is -2.44. The maximum absolute atomic E-state index is 12.8. The summed E-state index contributed by atoms with van der Waals surface area (Å²) in [7, 11) is 0. The van der Waals surface area contributed by atoms with Crippen molar-refractivity contribution in [1.29, 1.82) is 0 Å². The smallest absolute Gasteiger partial charge is 0.222 e. The van der Waals surface area contributed by atoms with Gasteiger partial charge in [-0.15, -0.1) is 0 Å². The molecule has 1 fully saturated rings. The first kappa shape index (κ1) is 17.8. The van der Waals surface area contributed by atoms with Gasteiger partial charge in [0, 0.05) is 36.1 Å². The second kappa shape index (κ2) is 7.99. The van der Waals surface area contributed by atoms with Crippen molar-refractivity contribution in [3.8, 4) is 0 Å². The molecule has 1 N–H and O–H groups in total. The normalized spacial score (nSPS) is 20.1. The van der Waals surface area contributed by atoms with Crippen LogP contribution in [0.3, 0.4) is 0 Å². The molecule has 4 rings (SSSR count). The second-order valence-electron chi connectivity index (χ2n) is 7.78. The topological polar surface area (TPSA) is 36.1 Å². The fraction of sp³-hybridized carbons (Fsp3) is 0.375. The Bertz CT molecular complexity index is 899. The van der Waals surface area contributed by atoms with E-state index in [-0.39, 0.29) is 0 Å².